The smallest absolute Gasteiger partial charge is 0.265 e. The van der Waals surface area contributed by atoms with Gasteiger partial charge in [-0.25, -0.2) is 8.42 Å². The van der Waals surface area contributed by atoms with Crippen LogP contribution in [0.1, 0.15) is 41.5 Å². The third kappa shape index (κ3) is 4.74. The highest BCUT2D eigenvalue weighted by Gasteiger charge is 2.36. The van der Waals surface area contributed by atoms with E-state index in [0.29, 0.717) is 35.9 Å². The first-order valence-corrected chi connectivity index (χ1v) is 12.8. The third-order valence-corrected chi connectivity index (χ3v) is 8.37. The van der Waals surface area contributed by atoms with Crippen LogP contribution in [0.3, 0.4) is 0 Å². The molecule has 176 valence electrons. The Morgan fingerprint density at radius 3 is 2.64 bits per heavy atom. The molecule has 1 N–H and O–H groups in total. The zero-order chi connectivity index (χ0) is 23.6. The van der Waals surface area contributed by atoms with Crippen molar-refractivity contribution in [3.05, 3.63) is 52.6 Å². The summed E-state index contributed by atoms with van der Waals surface area (Å²) in [4.78, 5) is 0.0947. The molecule has 0 aromatic heterocycles. The van der Waals surface area contributed by atoms with Crippen LogP contribution >= 0.6 is 0 Å². The first kappa shape index (κ1) is 23.6. The standard InChI is InChI=1S/C26H31NO5S/c1-4-22-5-7-24-19(3)13-18(2)14-25(24)27(22)33(29,30)23-6-8-26(21(15-23)16-28)32-17-20-9-11-31-12-10-20/h1,6,8,13-15,20,22,28H,5,7,9-12,16-17H2,2-3H3/t22-/m0/s1. The summed E-state index contributed by atoms with van der Waals surface area (Å²) in [6.45, 7) is 5.60. The van der Waals surface area contributed by atoms with Crippen molar-refractivity contribution in [1.29, 1.82) is 0 Å². The maximum absolute atomic E-state index is 13.8. The fourth-order valence-electron chi connectivity index (χ4n) is 4.73. The van der Waals surface area contributed by atoms with Crippen LogP contribution in [0.25, 0.3) is 0 Å². The second-order valence-electron chi connectivity index (χ2n) is 8.90. The molecule has 1 saturated heterocycles. The maximum Gasteiger partial charge on any atom is 0.265 e. The number of hydrogen-bond acceptors (Lipinski definition) is 5. The molecule has 2 aliphatic rings. The number of aliphatic hydroxyl groups is 1. The van der Waals surface area contributed by atoms with Crippen molar-refractivity contribution in [3.8, 4) is 18.1 Å². The van der Waals surface area contributed by atoms with Gasteiger partial charge in [0.25, 0.3) is 10.0 Å². The van der Waals surface area contributed by atoms with Gasteiger partial charge in [0.2, 0.25) is 0 Å². The molecule has 2 aliphatic heterocycles. The fraction of sp³-hybridized carbons (Fsp3) is 0.462. The quantitative estimate of drug-likeness (QED) is 0.653. The van der Waals surface area contributed by atoms with E-state index >= 15 is 0 Å². The van der Waals surface area contributed by atoms with Crippen LogP contribution in [0.4, 0.5) is 5.69 Å². The Morgan fingerprint density at radius 2 is 1.94 bits per heavy atom. The highest BCUT2D eigenvalue weighted by atomic mass is 32.2. The molecule has 0 bridgehead atoms. The summed E-state index contributed by atoms with van der Waals surface area (Å²) < 4.78 is 40.4. The Hall–Kier alpha value is -2.53. The largest absolute Gasteiger partial charge is 0.493 e. The van der Waals surface area contributed by atoms with E-state index in [2.05, 4.69) is 12.0 Å². The highest BCUT2D eigenvalue weighted by Crippen LogP contribution is 2.38. The summed E-state index contributed by atoms with van der Waals surface area (Å²) in [6, 6.07) is 8.06. The van der Waals surface area contributed by atoms with Crippen LogP contribution in [0.5, 0.6) is 5.75 Å². The van der Waals surface area contributed by atoms with E-state index in [4.69, 9.17) is 15.9 Å². The van der Waals surface area contributed by atoms with Crippen LogP contribution in [0.2, 0.25) is 0 Å². The van der Waals surface area contributed by atoms with Crippen molar-refractivity contribution in [3.63, 3.8) is 0 Å². The minimum absolute atomic E-state index is 0.0947. The zero-order valence-electron chi connectivity index (χ0n) is 19.2. The van der Waals surface area contributed by atoms with Crippen LogP contribution in [-0.4, -0.2) is 39.4 Å². The molecule has 0 unspecified atom stereocenters. The summed E-state index contributed by atoms with van der Waals surface area (Å²) >= 11 is 0. The lowest BCUT2D eigenvalue weighted by atomic mass is 9.93. The van der Waals surface area contributed by atoms with Gasteiger partial charge < -0.3 is 14.6 Å². The number of benzene rings is 2. The number of terminal acetylenes is 1. The van der Waals surface area contributed by atoms with E-state index in [1.54, 1.807) is 6.07 Å². The van der Waals surface area contributed by atoms with Gasteiger partial charge in [-0.1, -0.05) is 12.0 Å². The van der Waals surface area contributed by atoms with E-state index in [1.807, 2.05) is 19.9 Å². The third-order valence-electron chi connectivity index (χ3n) is 6.55. The predicted octanol–water partition coefficient (Wildman–Crippen LogP) is 3.74. The predicted molar refractivity (Wildman–Crippen MR) is 128 cm³/mol. The number of nitrogens with zero attached hydrogens (tertiary/aromatic N) is 1. The average molecular weight is 470 g/mol. The number of rotatable bonds is 6. The first-order valence-electron chi connectivity index (χ1n) is 11.4. The van der Waals surface area contributed by atoms with Gasteiger partial charge in [0.15, 0.2) is 0 Å². The van der Waals surface area contributed by atoms with Crippen molar-refractivity contribution in [2.75, 3.05) is 24.1 Å². The first-order chi connectivity index (χ1) is 15.8. The molecule has 33 heavy (non-hydrogen) atoms. The molecule has 1 atom stereocenters. The van der Waals surface area contributed by atoms with Crippen molar-refractivity contribution in [1.82, 2.24) is 0 Å². The molecule has 0 radical (unpaired) electrons. The van der Waals surface area contributed by atoms with Crippen LogP contribution in [0, 0.1) is 32.1 Å². The van der Waals surface area contributed by atoms with Crippen molar-refractivity contribution >= 4 is 15.7 Å². The van der Waals surface area contributed by atoms with Gasteiger partial charge in [-0.3, -0.25) is 4.31 Å². The number of hydrogen-bond donors (Lipinski definition) is 1. The lowest BCUT2D eigenvalue weighted by Gasteiger charge is -2.36. The Labute approximate surface area is 196 Å². The molecule has 1 fully saturated rings. The summed E-state index contributed by atoms with van der Waals surface area (Å²) in [7, 11) is -3.95. The van der Waals surface area contributed by atoms with Gasteiger partial charge in [-0.15, -0.1) is 6.42 Å². The van der Waals surface area contributed by atoms with Crippen molar-refractivity contribution < 1.29 is 23.0 Å². The molecule has 2 aromatic rings. The number of sulfonamides is 1. The maximum atomic E-state index is 13.8. The Morgan fingerprint density at radius 1 is 1.18 bits per heavy atom. The summed E-state index contributed by atoms with van der Waals surface area (Å²) in [6.07, 6.45) is 8.93. The Balaban J connectivity index is 1.67. The molecule has 2 heterocycles. The lowest BCUT2D eigenvalue weighted by Crippen LogP contribution is -2.43. The van der Waals surface area contributed by atoms with Gasteiger partial charge in [0, 0.05) is 18.8 Å². The number of aliphatic hydroxyl groups excluding tert-OH is 1. The van der Waals surface area contributed by atoms with E-state index < -0.39 is 16.1 Å². The van der Waals surface area contributed by atoms with E-state index in [0.717, 1.165) is 49.2 Å². The molecule has 0 saturated carbocycles. The van der Waals surface area contributed by atoms with Gasteiger partial charge in [-0.2, -0.15) is 0 Å². The topological polar surface area (TPSA) is 76.1 Å². The second-order valence-corrected chi connectivity index (χ2v) is 10.7. The van der Waals surface area contributed by atoms with E-state index in [1.165, 1.54) is 16.4 Å². The molecule has 4 rings (SSSR count). The highest BCUT2D eigenvalue weighted by molar-refractivity contribution is 7.92. The van der Waals surface area contributed by atoms with Crippen LogP contribution in [0.15, 0.2) is 35.2 Å². The van der Waals surface area contributed by atoms with Crippen LogP contribution in [-0.2, 0) is 27.8 Å². The van der Waals surface area contributed by atoms with Gasteiger partial charge in [0.1, 0.15) is 11.8 Å². The van der Waals surface area contributed by atoms with Gasteiger partial charge in [-0.05, 0) is 86.4 Å². The summed E-state index contributed by atoms with van der Waals surface area (Å²) in [5.41, 5.74) is 4.14. The molecule has 0 spiro atoms. The molecule has 7 heteroatoms. The summed E-state index contributed by atoms with van der Waals surface area (Å²) in [5, 5.41) is 9.94. The second kappa shape index (κ2) is 9.76. The Bertz CT molecular complexity index is 1160. The number of fused-ring (bicyclic) bond motifs is 1. The lowest BCUT2D eigenvalue weighted by molar-refractivity contribution is 0.0494. The van der Waals surface area contributed by atoms with E-state index in [-0.39, 0.29) is 11.5 Å². The number of ether oxygens (including phenoxy) is 2. The minimum Gasteiger partial charge on any atom is -0.493 e. The van der Waals surface area contributed by atoms with Crippen LogP contribution < -0.4 is 9.04 Å². The molecule has 2 aromatic carbocycles. The van der Waals surface area contributed by atoms with Crippen molar-refractivity contribution in [2.24, 2.45) is 5.92 Å². The number of anilines is 1. The number of aryl methyl sites for hydroxylation is 2. The molecular weight excluding hydrogens is 438 g/mol. The van der Waals surface area contributed by atoms with Crippen molar-refractivity contribution in [2.45, 2.75) is 57.1 Å². The minimum atomic E-state index is -3.95. The molecule has 6 nitrogen and oxygen atoms in total. The molecule has 0 aliphatic carbocycles. The monoisotopic (exact) mass is 469 g/mol. The average Bonchev–Trinajstić information content (AvgIpc) is 2.82. The molecule has 0 amide bonds. The SMILES string of the molecule is C#C[C@H]1CCc2c(C)cc(C)cc2N1S(=O)(=O)c1ccc(OCC2CCOCC2)c(CO)c1. The van der Waals surface area contributed by atoms with Gasteiger partial charge >= 0.3 is 0 Å². The normalized spacial score (nSPS) is 19.1. The fourth-order valence-corrected chi connectivity index (χ4v) is 6.41. The molecular formula is C26H31NO5S. The van der Waals surface area contributed by atoms with Gasteiger partial charge in [0.05, 0.1) is 23.8 Å². The Kier molecular flexibility index (Phi) is 6.99. The summed E-state index contributed by atoms with van der Waals surface area (Å²) in [5.74, 6) is 3.56. The van der Waals surface area contributed by atoms with E-state index in [9.17, 15) is 13.5 Å². The zero-order valence-corrected chi connectivity index (χ0v) is 20.0.